The summed E-state index contributed by atoms with van der Waals surface area (Å²) in [5.74, 6) is 1.41. The predicted molar refractivity (Wildman–Crippen MR) is 113 cm³/mol. The fraction of sp³-hybridized carbons (Fsp3) is 0.269. The van der Waals surface area contributed by atoms with Crippen molar-refractivity contribution in [3.63, 3.8) is 0 Å². The van der Waals surface area contributed by atoms with Crippen LogP contribution in [-0.4, -0.2) is 12.5 Å². The van der Waals surface area contributed by atoms with Crippen LogP contribution >= 0.6 is 0 Å². The molecule has 1 N–H and O–H groups in total. The second-order valence-corrected chi connectivity index (χ2v) is 8.25. The molecule has 140 valence electrons. The number of carbonyl (C=O) groups is 1. The van der Waals surface area contributed by atoms with E-state index in [1.54, 1.807) is 0 Å². The van der Waals surface area contributed by atoms with Crippen LogP contribution in [0.25, 0.3) is 0 Å². The molecule has 0 radical (unpaired) electrons. The molecule has 0 saturated heterocycles. The van der Waals surface area contributed by atoms with Crippen molar-refractivity contribution < 1.29 is 4.79 Å². The lowest BCUT2D eigenvalue weighted by Gasteiger charge is -2.45. The molecule has 1 atom stereocenters. The van der Waals surface area contributed by atoms with Gasteiger partial charge in [-0.1, -0.05) is 78.4 Å². The Morgan fingerprint density at radius 1 is 0.857 bits per heavy atom. The molecule has 28 heavy (non-hydrogen) atoms. The van der Waals surface area contributed by atoms with Gasteiger partial charge in [0, 0.05) is 18.4 Å². The van der Waals surface area contributed by atoms with Crippen molar-refractivity contribution in [1.29, 1.82) is 0 Å². The minimum Gasteiger partial charge on any atom is -0.356 e. The van der Waals surface area contributed by atoms with E-state index in [1.165, 1.54) is 27.8 Å². The van der Waals surface area contributed by atoms with Crippen LogP contribution in [0, 0.1) is 12.8 Å². The van der Waals surface area contributed by atoms with Crippen LogP contribution in [0.1, 0.15) is 51.6 Å². The molecule has 3 aliphatic carbocycles. The molecule has 3 aromatic rings. The summed E-state index contributed by atoms with van der Waals surface area (Å²) in [6.45, 7) is 2.81. The smallest absolute Gasteiger partial charge is 0.224 e. The molecule has 0 aliphatic heterocycles. The molecule has 2 heteroatoms. The molecule has 2 nitrogen and oxygen atoms in total. The molecule has 0 spiro atoms. The number of rotatable bonds is 4. The minimum atomic E-state index is 0.117. The summed E-state index contributed by atoms with van der Waals surface area (Å²) in [7, 11) is 0. The maximum absolute atomic E-state index is 12.5. The van der Waals surface area contributed by atoms with Gasteiger partial charge < -0.3 is 5.32 Å². The van der Waals surface area contributed by atoms with Crippen LogP contribution in [-0.2, 0) is 11.2 Å². The number of benzene rings is 3. The molecule has 0 saturated carbocycles. The van der Waals surface area contributed by atoms with Crippen LogP contribution in [0.5, 0.6) is 0 Å². The van der Waals surface area contributed by atoms with Gasteiger partial charge >= 0.3 is 0 Å². The molecule has 0 heterocycles. The second-order valence-electron chi connectivity index (χ2n) is 8.25. The van der Waals surface area contributed by atoms with Gasteiger partial charge in [-0.15, -0.1) is 0 Å². The Morgan fingerprint density at radius 2 is 1.43 bits per heavy atom. The summed E-state index contributed by atoms with van der Waals surface area (Å²) < 4.78 is 0. The van der Waals surface area contributed by atoms with E-state index >= 15 is 0 Å². The summed E-state index contributed by atoms with van der Waals surface area (Å²) in [4.78, 5) is 12.5. The van der Waals surface area contributed by atoms with E-state index in [2.05, 4.69) is 72.9 Å². The van der Waals surface area contributed by atoms with Gasteiger partial charge in [-0.3, -0.25) is 4.79 Å². The number of hydrogen-bond donors (Lipinski definition) is 1. The van der Waals surface area contributed by atoms with Crippen LogP contribution < -0.4 is 5.32 Å². The van der Waals surface area contributed by atoms with Crippen molar-refractivity contribution in [3.8, 4) is 0 Å². The molecule has 3 aliphatic rings. The highest BCUT2D eigenvalue weighted by atomic mass is 16.1. The molecule has 0 aromatic heterocycles. The highest BCUT2D eigenvalue weighted by Gasteiger charge is 2.42. The third-order valence-corrected chi connectivity index (χ3v) is 6.47. The number of fused-ring (bicyclic) bond motifs is 1. The third-order valence-electron chi connectivity index (χ3n) is 6.47. The summed E-state index contributed by atoms with van der Waals surface area (Å²) in [5.41, 5.74) is 8.16. The molecule has 3 aromatic carbocycles. The molecular weight excluding hydrogens is 342 g/mol. The van der Waals surface area contributed by atoms with Gasteiger partial charge in [0.15, 0.2) is 0 Å². The van der Waals surface area contributed by atoms with E-state index in [1.807, 2.05) is 12.1 Å². The Labute approximate surface area is 166 Å². The van der Waals surface area contributed by atoms with Gasteiger partial charge in [-0.2, -0.15) is 0 Å². The average Bonchev–Trinajstić information content (AvgIpc) is 2.74. The zero-order valence-corrected chi connectivity index (χ0v) is 16.2. The van der Waals surface area contributed by atoms with E-state index in [0.29, 0.717) is 24.2 Å². The number of aryl methyl sites for hydroxylation is 1. The largest absolute Gasteiger partial charge is 0.356 e. The van der Waals surface area contributed by atoms with E-state index < -0.39 is 0 Å². The highest BCUT2D eigenvalue weighted by molar-refractivity contribution is 5.78. The quantitative estimate of drug-likeness (QED) is 0.694. The number of carbonyl (C=O) groups excluding carboxylic acids is 1. The molecule has 1 unspecified atom stereocenters. The Balaban J connectivity index is 1.34. The number of hydrogen-bond acceptors (Lipinski definition) is 1. The standard InChI is InChI=1S/C26H25NO/c1-17-10-12-18(13-11-17)14-25(28)27-16-19-15-24-20-6-2-4-8-22(20)26(19)23-9-5-3-7-21(23)24/h2-13,19,24,26H,14-16H2,1H3,(H,27,28). The predicted octanol–water partition coefficient (Wildman–Crippen LogP) is 4.95. The number of amides is 1. The van der Waals surface area contributed by atoms with E-state index in [0.717, 1.165) is 18.5 Å². The zero-order chi connectivity index (χ0) is 19.1. The molecule has 0 fully saturated rings. The normalized spacial score (nSPS) is 21.7. The van der Waals surface area contributed by atoms with Crippen molar-refractivity contribution in [1.82, 2.24) is 5.32 Å². The van der Waals surface area contributed by atoms with Gasteiger partial charge in [-0.05, 0) is 47.1 Å². The Kier molecular flexibility index (Phi) is 4.27. The van der Waals surface area contributed by atoms with Gasteiger partial charge in [0.25, 0.3) is 0 Å². The van der Waals surface area contributed by atoms with Crippen LogP contribution in [0.4, 0.5) is 0 Å². The second kappa shape index (κ2) is 6.94. The average molecular weight is 367 g/mol. The monoisotopic (exact) mass is 367 g/mol. The SMILES string of the molecule is Cc1ccc(CC(=O)NCC2CC3c4ccccc4C2c2ccccc23)cc1. The summed E-state index contributed by atoms with van der Waals surface area (Å²) >= 11 is 0. The molecule has 1 amide bonds. The van der Waals surface area contributed by atoms with E-state index in [4.69, 9.17) is 0 Å². The number of nitrogens with one attached hydrogen (secondary N) is 1. The first-order valence-corrected chi connectivity index (χ1v) is 10.2. The van der Waals surface area contributed by atoms with Crippen LogP contribution in [0.3, 0.4) is 0 Å². The van der Waals surface area contributed by atoms with Crippen molar-refractivity contribution in [2.75, 3.05) is 6.54 Å². The lowest BCUT2D eigenvalue weighted by atomic mass is 9.59. The third kappa shape index (κ3) is 2.93. The van der Waals surface area contributed by atoms with Crippen molar-refractivity contribution in [3.05, 3.63) is 106 Å². The van der Waals surface area contributed by atoms with Crippen LogP contribution in [0.2, 0.25) is 0 Å². The van der Waals surface area contributed by atoms with E-state index in [-0.39, 0.29) is 5.91 Å². The fourth-order valence-corrected chi connectivity index (χ4v) is 5.16. The summed E-state index contributed by atoms with van der Waals surface area (Å²) in [5, 5.41) is 3.22. The fourth-order valence-electron chi connectivity index (χ4n) is 5.16. The van der Waals surface area contributed by atoms with Crippen molar-refractivity contribution in [2.24, 2.45) is 5.92 Å². The lowest BCUT2D eigenvalue weighted by Crippen LogP contribution is -2.39. The van der Waals surface area contributed by atoms with Gasteiger partial charge in [0.2, 0.25) is 5.91 Å². The topological polar surface area (TPSA) is 29.1 Å². The first-order valence-electron chi connectivity index (χ1n) is 10.2. The molecule has 2 bridgehead atoms. The molecular formula is C26H25NO. The van der Waals surface area contributed by atoms with Crippen molar-refractivity contribution >= 4 is 5.91 Å². The maximum Gasteiger partial charge on any atom is 0.224 e. The Morgan fingerprint density at radius 3 is 2.04 bits per heavy atom. The van der Waals surface area contributed by atoms with Gasteiger partial charge in [0.05, 0.1) is 6.42 Å². The first kappa shape index (κ1) is 17.2. The summed E-state index contributed by atoms with van der Waals surface area (Å²) in [6.07, 6.45) is 1.57. The Bertz CT molecular complexity index is 973. The molecule has 6 rings (SSSR count). The maximum atomic E-state index is 12.5. The zero-order valence-electron chi connectivity index (χ0n) is 16.2. The van der Waals surface area contributed by atoms with Gasteiger partial charge in [0.1, 0.15) is 0 Å². The minimum absolute atomic E-state index is 0.117. The van der Waals surface area contributed by atoms with E-state index in [9.17, 15) is 4.79 Å². The lowest BCUT2D eigenvalue weighted by molar-refractivity contribution is -0.120. The Hall–Kier alpha value is -2.87. The highest BCUT2D eigenvalue weighted by Crippen LogP contribution is 2.55. The van der Waals surface area contributed by atoms with Gasteiger partial charge in [-0.25, -0.2) is 0 Å². The van der Waals surface area contributed by atoms with Crippen molar-refractivity contribution in [2.45, 2.75) is 31.6 Å². The first-order chi connectivity index (χ1) is 13.7. The summed E-state index contributed by atoms with van der Waals surface area (Å²) in [6, 6.07) is 26.0. The van der Waals surface area contributed by atoms with Crippen LogP contribution in [0.15, 0.2) is 72.8 Å².